The summed E-state index contributed by atoms with van der Waals surface area (Å²) in [6, 6.07) is 7.57. The second-order valence-electron chi connectivity index (χ2n) is 2.99. The molecule has 2 nitrogen and oxygen atoms in total. The molecule has 2 rings (SSSR count). The van der Waals surface area contributed by atoms with Gasteiger partial charge in [-0.3, -0.25) is 0 Å². The minimum atomic E-state index is -0.741. The van der Waals surface area contributed by atoms with Crippen LogP contribution in [0.4, 0.5) is 0 Å². The summed E-state index contributed by atoms with van der Waals surface area (Å²) < 4.78 is 6.37. The molecule has 1 unspecified atom stereocenters. The van der Waals surface area contributed by atoms with Crippen LogP contribution >= 0.6 is 15.9 Å². The molecule has 0 radical (unpaired) electrons. The third kappa shape index (κ3) is 1.49. The molecule has 1 atom stereocenters. The van der Waals surface area contributed by atoms with Crippen LogP contribution in [-0.2, 0) is 0 Å². The highest BCUT2D eigenvalue weighted by molar-refractivity contribution is 9.10. The molecule has 3 heteroatoms. The van der Waals surface area contributed by atoms with E-state index in [-0.39, 0.29) is 0 Å². The average Bonchev–Trinajstić information content (AvgIpc) is 2.62. The van der Waals surface area contributed by atoms with Crippen LogP contribution in [0.2, 0.25) is 0 Å². The number of benzene rings is 1. The molecule has 14 heavy (non-hydrogen) atoms. The molecule has 0 saturated heterocycles. The van der Waals surface area contributed by atoms with Gasteiger partial charge in [-0.05, 0) is 28.1 Å². The fourth-order valence-corrected chi connectivity index (χ4v) is 1.77. The summed E-state index contributed by atoms with van der Waals surface area (Å²) in [6.07, 6.45) is 0.695. The lowest BCUT2D eigenvalue weighted by Crippen LogP contribution is -1.87. The van der Waals surface area contributed by atoms with Gasteiger partial charge in [-0.2, -0.15) is 0 Å². The Morgan fingerprint density at radius 1 is 1.50 bits per heavy atom. The van der Waals surface area contributed by atoms with E-state index in [1.165, 1.54) is 6.08 Å². The quantitative estimate of drug-likeness (QED) is 0.832. The lowest BCUT2D eigenvalue weighted by atomic mass is 10.2. The summed E-state index contributed by atoms with van der Waals surface area (Å²) in [7, 11) is 0. The van der Waals surface area contributed by atoms with Crippen molar-refractivity contribution in [3.05, 3.63) is 47.2 Å². The van der Waals surface area contributed by atoms with Crippen LogP contribution in [0, 0.1) is 0 Å². The Kier molecular flexibility index (Phi) is 2.44. The smallest absolute Gasteiger partial charge is 0.148 e. The van der Waals surface area contributed by atoms with Crippen molar-refractivity contribution in [2.24, 2.45) is 0 Å². The third-order valence-electron chi connectivity index (χ3n) is 2.03. The van der Waals surface area contributed by atoms with E-state index < -0.39 is 6.10 Å². The van der Waals surface area contributed by atoms with Gasteiger partial charge < -0.3 is 9.52 Å². The summed E-state index contributed by atoms with van der Waals surface area (Å²) in [5.41, 5.74) is 0.753. The molecule has 0 aliphatic rings. The maximum Gasteiger partial charge on any atom is 0.148 e. The van der Waals surface area contributed by atoms with Gasteiger partial charge in [0.1, 0.15) is 17.4 Å². The number of fused-ring (bicyclic) bond motifs is 1. The minimum absolute atomic E-state index is 0.516. The molecule has 0 saturated carbocycles. The lowest BCUT2D eigenvalue weighted by molar-refractivity contribution is 0.200. The zero-order valence-corrected chi connectivity index (χ0v) is 8.99. The van der Waals surface area contributed by atoms with Crippen molar-refractivity contribution in [2.45, 2.75) is 6.10 Å². The van der Waals surface area contributed by atoms with Gasteiger partial charge in [-0.25, -0.2) is 0 Å². The van der Waals surface area contributed by atoms with Crippen molar-refractivity contribution in [3.63, 3.8) is 0 Å². The molecule has 0 aliphatic carbocycles. The van der Waals surface area contributed by atoms with Crippen LogP contribution in [0.1, 0.15) is 11.9 Å². The fourth-order valence-electron chi connectivity index (χ4n) is 1.31. The number of aliphatic hydroxyl groups excluding tert-OH is 1. The Hall–Kier alpha value is -1.06. The number of rotatable bonds is 2. The van der Waals surface area contributed by atoms with E-state index in [0.717, 1.165) is 15.4 Å². The first-order valence-corrected chi connectivity index (χ1v) is 5.00. The van der Waals surface area contributed by atoms with Gasteiger partial charge in [0.15, 0.2) is 0 Å². The average molecular weight is 253 g/mol. The lowest BCUT2D eigenvalue weighted by Gasteiger charge is -1.97. The maximum absolute atomic E-state index is 9.49. The number of hydrogen-bond acceptors (Lipinski definition) is 2. The molecule has 0 spiro atoms. The van der Waals surface area contributed by atoms with Crippen LogP contribution in [0.3, 0.4) is 0 Å². The van der Waals surface area contributed by atoms with E-state index in [2.05, 4.69) is 22.5 Å². The monoisotopic (exact) mass is 252 g/mol. The van der Waals surface area contributed by atoms with Gasteiger partial charge in [0.2, 0.25) is 0 Å². The Morgan fingerprint density at radius 3 is 2.93 bits per heavy atom. The van der Waals surface area contributed by atoms with Crippen LogP contribution in [-0.4, -0.2) is 5.11 Å². The van der Waals surface area contributed by atoms with Crippen LogP contribution in [0.25, 0.3) is 11.0 Å². The van der Waals surface area contributed by atoms with Crippen LogP contribution in [0.15, 0.2) is 45.8 Å². The highest BCUT2D eigenvalue weighted by Gasteiger charge is 2.11. The highest BCUT2D eigenvalue weighted by atomic mass is 79.9. The summed E-state index contributed by atoms with van der Waals surface area (Å²) >= 11 is 3.38. The Morgan fingerprint density at radius 2 is 2.29 bits per heavy atom. The normalized spacial score (nSPS) is 13.0. The number of halogens is 1. The van der Waals surface area contributed by atoms with E-state index in [1.807, 2.05) is 24.3 Å². The van der Waals surface area contributed by atoms with Crippen molar-refractivity contribution >= 4 is 26.9 Å². The number of hydrogen-bond donors (Lipinski definition) is 1. The summed E-state index contributed by atoms with van der Waals surface area (Å²) in [6.45, 7) is 3.51. The first-order valence-electron chi connectivity index (χ1n) is 4.21. The molecule has 1 aromatic heterocycles. The molecule has 0 amide bonds. The van der Waals surface area contributed by atoms with Crippen molar-refractivity contribution < 1.29 is 9.52 Å². The molecule has 1 heterocycles. The highest BCUT2D eigenvalue weighted by Crippen LogP contribution is 2.29. The Bertz CT molecular complexity index is 473. The molecule has 72 valence electrons. The zero-order chi connectivity index (χ0) is 10.1. The second kappa shape index (κ2) is 3.59. The molecular weight excluding hydrogens is 244 g/mol. The summed E-state index contributed by atoms with van der Waals surface area (Å²) in [5.74, 6) is 0.516. The summed E-state index contributed by atoms with van der Waals surface area (Å²) in [4.78, 5) is 0. The largest absolute Gasteiger partial charge is 0.457 e. The van der Waals surface area contributed by atoms with E-state index in [4.69, 9.17) is 4.42 Å². The first-order chi connectivity index (χ1) is 6.72. The maximum atomic E-state index is 9.49. The van der Waals surface area contributed by atoms with E-state index >= 15 is 0 Å². The molecule has 1 N–H and O–H groups in total. The number of furan rings is 1. The Balaban J connectivity index is 2.62. The van der Waals surface area contributed by atoms with Crippen molar-refractivity contribution in [2.75, 3.05) is 0 Å². The van der Waals surface area contributed by atoms with Crippen molar-refractivity contribution in [3.8, 4) is 0 Å². The zero-order valence-electron chi connectivity index (χ0n) is 7.40. The van der Waals surface area contributed by atoms with Gasteiger partial charge >= 0.3 is 0 Å². The minimum Gasteiger partial charge on any atom is -0.457 e. The molecule has 0 bridgehead atoms. The predicted molar refractivity (Wildman–Crippen MR) is 59.1 cm³/mol. The fraction of sp³-hybridized carbons (Fsp3) is 0.0909. The molecule has 2 aromatic rings. The standard InChI is InChI=1S/C11H9BrO2/c1-2-9(13)10-6-7-4-3-5-8(12)11(7)14-10/h2-6,9,13H,1H2. The van der Waals surface area contributed by atoms with E-state index in [9.17, 15) is 5.11 Å². The van der Waals surface area contributed by atoms with E-state index in [1.54, 1.807) is 0 Å². The van der Waals surface area contributed by atoms with Crippen LogP contribution in [0.5, 0.6) is 0 Å². The van der Waals surface area contributed by atoms with Gasteiger partial charge in [-0.1, -0.05) is 18.2 Å². The SMILES string of the molecule is C=CC(O)c1cc2cccc(Br)c2o1. The second-order valence-corrected chi connectivity index (χ2v) is 3.84. The molecule has 0 aliphatic heterocycles. The van der Waals surface area contributed by atoms with Gasteiger partial charge in [0.25, 0.3) is 0 Å². The van der Waals surface area contributed by atoms with Gasteiger partial charge in [-0.15, -0.1) is 6.58 Å². The van der Waals surface area contributed by atoms with Gasteiger partial charge in [0.05, 0.1) is 4.47 Å². The molecular formula is C11H9BrO2. The van der Waals surface area contributed by atoms with E-state index in [0.29, 0.717) is 5.76 Å². The first kappa shape index (κ1) is 9.49. The van der Waals surface area contributed by atoms with Crippen LogP contribution < -0.4 is 0 Å². The molecule has 0 fully saturated rings. The molecule has 1 aromatic carbocycles. The number of para-hydroxylation sites is 1. The number of aliphatic hydroxyl groups is 1. The van der Waals surface area contributed by atoms with Gasteiger partial charge in [0, 0.05) is 5.39 Å². The predicted octanol–water partition coefficient (Wildman–Crippen LogP) is 3.41. The van der Waals surface area contributed by atoms with Crippen molar-refractivity contribution in [1.29, 1.82) is 0 Å². The third-order valence-corrected chi connectivity index (χ3v) is 2.65. The van der Waals surface area contributed by atoms with Crippen molar-refractivity contribution in [1.82, 2.24) is 0 Å². The summed E-state index contributed by atoms with van der Waals surface area (Å²) in [5, 5.41) is 10.5. The Labute approximate surface area is 90.0 Å². The topological polar surface area (TPSA) is 33.4 Å².